The Hall–Kier alpha value is -0.910. The Morgan fingerprint density at radius 2 is 2.05 bits per heavy atom. The first kappa shape index (κ1) is 16.5. The number of carbonyl (C=O) groups is 1. The summed E-state index contributed by atoms with van der Waals surface area (Å²) in [5, 5.41) is 32.3. The summed E-state index contributed by atoms with van der Waals surface area (Å²) in [5.74, 6) is -1.31. The maximum atomic E-state index is 11.8. The monoisotopic (exact) mass is 298 g/mol. The molecule has 0 aromatic heterocycles. The van der Waals surface area contributed by atoms with Gasteiger partial charge in [-0.15, -0.1) is 0 Å². The van der Waals surface area contributed by atoms with Gasteiger partial charge < -0.3 is 20.1 Å². The first-order valence-electron chi connectivity index (χ1n) is 7.54. The van der Waals surface area contributed by atoms with Gasteiger partial charge in [0.25, 0.3) is 0 Å². The van der Waals surface area contributed by atoms with Crippen LogP contribution in [0, 0.1) is 17.3 Å². The molecule has 3 N–H and O–H groups in total. The number of rotatable bonds is 2. The molecule has 0 aromatic rings. The van der Waals surface area contributed by atoms with Crippen LogP contribution in [0.3, 0.4) is 0 Å². The molecule has 2 fully saturated rings. The van der Waals surface area contributed by atoms with Gasteiger partial charge in [0, 0.05) is 11.3 Å². The third-order valence-corrected chi connectivity index (χ3v) is 5.91. The van der Waals surface area contributed by atoms with Gasteiger partial charge in [0.15, 0.2) is 0 Å². The van der Waals surface area contributed by atoms with Gasteiger partial charge in [0.2, 0.25) is 0 Å². The molecular formula is C16H26O5. The van der Waals surface area contributed by atoms with E-state index in [1.165, 1.54) is 7.11 Å². The van der Waals surface area contributed by atoms with E-state index in [2.05, 4.69) is 6.58 Å². The SMILES string of the molecule is C=C1CC[C@@H](O)[C@]2(C)CC[C@@H]([C@@H](C)C(=O)OC)[C@H](O)[C@]12O. The van der Waals surface area contributed by atoms with Crippen LogP contribution in [0.15, 0.2) is 12.2 Å². The van der Waals surface area contributed by atoms with E-state index in [0.29, 0.717) is 31.3 Å². The Morgan fingerprint density at radius 1 is 1.43 bits per heavy atom. The number of aliphatic hydroxyl groups is 3. The summed E-state index contributed by atoms with van der Waals surface area (Å²) in [5.41, 5.74) is -1.84. The zero-order valence-corrected chi connectivity index (χ0v) is 13.0. The van der Waals surface area contributed by atoms with E-state index in [0.717, 1.165) is 0 Å². The summed E-state index contributed by atoms with van der Waals surface area (Å²) in [7, 11) is 1.32. The summed E-state index contributed by atoms with van der Waals surface area (Å²) in [6.07, 6.45) is 0.295. The minimum Gasteiger partial charge on any atom is -0.469 e. The summed E-state index contributed by atoms with van der Waals surface area (Å²) in [6.45, 7) is 7.42. The van der Waals surface area contributed by atoms with E-state index >= 15 is 0 Å². The maximum absolute atomic E-state index is 11.8. The van der Waals surface area contributed by atoms with Crippen molar-refractivity contribution in [2.75, 3.05) is 7.11 Å². The molecule has 2 rings (SSSR count). The van der Waals surface area contributed by atoms with Crippen molar-refractivity contribution >= 4 is 5.97 Å². The van der Waals surface area contributed by atoms with Crippen molar-refractivity contribution in [3.63, 3.8) is 0 Å². The predicted molar refractivity (Wildman–Crippen MR) is 77.3 cm³/mol. The molecule has 0 heterocycles. The normalized spacial score (nSPS) is 44.9. The predicted octanol–water partition coefficient (Wildman–Crippen LogP) is 1.01. The minimum absolute atomic E-state index is 0.395. The molecule has 2 aliphatic rings. The van der Waals surface area contributed by atoms with Crippen molar-refractivity contribution in [2.24, 2.45) is 17.3 Å². The van der Waals surface area contributed by atoms with Crippen molar-refractivity contribution in [2.45, 2.75) is 57.3 Å². The van der Waals surface area contributed by atoms with Crippen LogP contribution in [0.4, 0.5) is 0 Å². The second-order valence-corrected chi connectivity index (χ2v) is 6.80. The third-order valence-electron chi connectivity index (χ3n) is 5.91. The van der Waals surface area contributed by atoms with Crippen molar-refractivity contribution < 1.29 is 24.9 Å². The second-order valence-electron chi connectivity index (χ2n) is 6.80. The topological polar surface area (TPSA) is 87.0 Å². The highest BCUT2D eigenvalue weighted by atomic mass is 16.5. The molecule has 0 aromatic carbocycles. The minimum atomic E-state index is -1.56. The molecule has 2 saturated carbocycles. The van der Waals surface area contributed by atoms with Crippen LogP contribution in [0.5, 0.6) is 0 Å². The molecule has 21 heavy (non-hydrogen) atoms. The van der Waals surface area contributed by atoms with Gasteiger partial charge in [-0.25, -0.2) is 0 Å². The maximum Gasteiger partial charge on any atom is 0.308 e. The Balaban J connectivity index is 2.37. The lowest BCUT2D eigenvalue weighted by Gasteiger charge is -2.59. The lowest BCUT2D eigenvalue weighted by Crippen LogP contribution is -2.68. The highest BCUT2D eigenvalue weighted by molar-refractivity contribution is 5.72. The summed E-state index contributed by atoms with van der Waals surface area (Å²) < 4.78 is 4.75. The Morgan fingerprint density at radius 3 is 2.62 bits per heavy atom. The van der Waals surface area contributed by atoms with Gasteiger partial charge in [-0.1, -0.05) is 20.4 Å². The van der Waals surface area contributed by atoms with E-state index in [4.69, 9.17) is 4.74 Å². The van der Waals surface area contributed by atoms with Crippen LogP contribution < -0.4 is 0 Å². The smallest absolute Gasteiger partial charge is 0.308 e. The standard InChI is InChI=1S/C16H26O5/c1-9-5-6-12(17)15(3)8-7-11(10(2)14(19)21-4)13(18)16(9,15)20/h10-13,17-18,20H,1,5-8H2,2-4H3/t10-,11+,12-,13+,15+,16-/m1/s1. The van der Waals surface area contributed by atoms with Gasteiger partial charge in [-0.2, -0.15) is 0 Å². The molecule has 0 saturated heterocycles. The fourth-order valence-corrected chi connectivity index (χ4v) is 4.20. The number of carbonyl (C=O) groups excluding carboxylic acids is 1. The van der Waals surface area contributed by atoms with Gasteiger partial charge >= 0.3 is 5.97 Å². The summed E-state index contributed by atoms with van der Waals surface area (Å²) in [6, 6.07) is 0. The molecule has 0 spiro atoms. The molecule has 5 nitrogen and oxygen atoms in total. The van der Waals surface area contributed by atoms with Crippen molar-refractivity contribution in [3.05, 3.63) is 12.2 Å². The van der Waals surface area contributed by atoms with Gasteiger partial charge in [0.1, 0.15) is 5.60 Å². The Bertz CT molecular complexity index is 448. The van der Waals surface area contributed by atoms with Crippen molar-refractivity contribution in [1.82, 2.24) is 0 Å². The number of methoxy groups -OCH3 is 1. The summed E-state index contributed by atoms with van der Waals surface area (Å²) in [4.78, 5) is 11.8. The molecule has 2 aliphatic carbocycles. The average Bonchev–Trinajstić information content (AvgIpc) is 2.47. The largest absolute Gasteiger partial charge is 0.469 e. The fourth-order valence-electron chi connectivity index (χ4n) is 4.20. The van der Waals surface area contributed by atoms with E-state index in [9.17, 15) is 20.1 Å². The average molecular weight is 298 g/mol. The van der Waals surface area contributed by atoms with Crippen LogP contribution in [-0.4, -0.2) is 46.2 Å². The number of hydrogen-bond acceptors (Lipinski definition) is 5. The zero-order valence-electron chi connectivity index (χ0n) is 13.0. The van der Waals surface area contributed by atoms with E-state index in [-0.39, 0.29) is 0 Å². The van der Waals surface area contributed by atoms with Gasteiger partial charge in [-0.05, 0) is 31.3 Å². The first-order valence-corrected chi connectivity index (χ1v) is 7.54. The number of ether oxygens (including phenoxy) is 1. The lowest BCUT2D eigenvalue weighted by molar-refractivity contribution is -0.227. The molecule has 6 atom stereocenters. The van der Waals surface area contributed by atoms with Crippen LogP contribution in [0.2, 0.25) is 0 Å². The first-order chi connectivity index (χ1) is 9.70. The van der Waals surface area contributed by atoms with Gasteiger partial charge in [-0.3, -0.25) is 4.79 Å². The van der Waals surface area contributed by atoms with Crippen LogP contribution >= 0.6 is 0 Å². The number of aliphatic hydroxyl groups excluding tert-OH is 2. The van der Waals surface area contributed by atoms with E-state index in [1.807, 2.05) is 0 Å². The van der Waals surface area contributed by atoms with Crippen molar-refractivity contribution in [1.29, 1.82) is 0 Å². The van der Waals surface area contributed by atoms with Gasteiger partial charge in [0.05, 0.1) is 25.2 Å². The zero-order chi connectivity index (χ0) is 16.0. The molecule has 0 aliphatic heterocycles. The molecule has 0 bridgehead atoms. The molecular weight excluding hydrogens is 272 g/mol. The molecule has 0 amide bonds. The highest BCUT2D eigenvalue weighted by Crippen LogP contribution is 2.57. The molecule has 0 radical (unpaired) electrons. The van der Waals surface area contributed by atoms with E-state index < -0.39 is 41.0 Å². The lowest BCUT2D eigenvalue weighted by atomic mass is 9.50. The van der Waals surface area contributed by atoms with Crippen LogP contribution in [-0.2, 0) is 9.53 Å². The quantitative estimate of drug-likeness (QED) is 0.523. The van der Waals surface area contributed by atoms with E-state index in [1.54, 1.807) is 13.8 Å². The summed E-state index contributed by atoms with van der Waals surface area (Å²) >= 11 is 0. The second kappa shape index (κ2) is 5.38. The van der Waals surface area contributed by atoms with Crippen molar-refractivity contribution in [3.8, 4) is 0 Å². The Labute approximate surface area is 125 Å². The number of hydrogen-bond donors (Lipinski definition) is 3. The molecule has 0 unspecified atom stereocenters. The molecule has 5 heteroatoms. The highest BCUT2D eigenvalue weighted by Gasteiger charge is 2.63. The number of esters is 1. The molecule has 120 valence electrons. The Kier molecular flexibility index (Phi) is 4.21. The van der Waals surface area contributed by atoms with Crippen LogP contribution in [0.25, 0.3) is 0 Å². The van der Waals surface area contributed by atoms with Crippen LogP contribution in [0.1, 0.15) is 39.5 Å². The number of fused-ring (bicyclic) bond motifs is 1. The fraction of sp³-hybridized carbons (Fsp3) is 0.812. The third kappa shape index (κ3) is 2.14.